The molecule has 1 aromatic heterocycles. The molecule has 17 heavy (non-hydrogen) atoms. The number of aromatic nitrogens is 1. The van der Waals surface area contributed by atoms with E-state index in [1.807, 2.05) is 25.1 Å². The van der Waals surface area contributed by atoms with Crippen LogP contribution in [0.4, 0.5) is 0 Å². The van der Waals surface area contributed by atoms with E-state index in [2.05, 4.69) is 36.8 Å². The Hall–Kier alpha value is -0.940. The number of carbonyl (C=O) groups excluding carboxylic acids is 1. The number of hydrogen-bond acceptors (Lipinski definition) is 3. The molecule has 0 fully saturated rings. The lowest BCUT2D eigenvalue weighted by atomic mass is 10.1. The van der Waals surface area contributed by atoms with Crippen LogP contribution in [-0.4, -0.2) is 18.1 Å². The number of fused-ring (bicyclic) bond motifs is 1. The highest BCUT2D eigenvalue weighted by atomic mass is 79.9. The molecule has 2 aromatic rings. The first kappa shape index (κ1) is 12.5. The molecule has 1 aromatic carbocycles. The number of ether oxygens (including phenoxy) is 1. The summed E-state index contributed by atoms with van der Waals surface area (Å²) < 4.78 is 6.54. The van der Waals surface area contributed by atoms with Crippen LogP contribution >= 0.6 is 31.9 Å². The molecule has 0 spiro atoms. The van der Waals surface area contributed by atoms with Gasteiger partial charge in [0.15, 0.2) is 5.69 Å². The highest BCUT2D eigenvalue weighted by Crippen LogP contribution is 2.34. The number of pyridine rings is 1. The number of halogens is 2. The Morgan fingerprint density at radius 1 is 1.35 bits per heavy atom. The van der Waals surface area contributed by atoms with Crippen molar-refractivity contribution in [1.29, 1.82) is 0 Å². The molecule has 5 heteroatoms. The Labute approximate surface area is 115 Å². The van der Waals surface area contributed by atoms with Crippen molar-refractivity contribution >= 4 is 48.6 Å². The predicted molar refractivity (Wildman–Crippen MR) is 73.2 cm³/mol. The number of esters is 1. The van der Waals surface area contributed by atoms with Gasteiger partial charge < -0.3 is 4.74 Å². The van der Waals surface area contributed by atoms with Crippen molar-refractivity contribution in [3.63, 3.8) is 0 Å². The monoisotopic (exact) mass is 357 g/mol. The minimum Gasteiger partial charge on any atom is -0.464 e. The van der Waals surface area contributed by atoms with Crippen LogP contribution in [0.15, 0.2) is 27.1 Å². The lowest BCUT2D eigenvalue weighted by Gasteiger charge is -2.09. The molecule has 88 valence electrons. The standard InChI is InChI=1S/C12H9Br2NO2/c1-6-10(14)9-7(4-3-5-8(9)13)11(15-6)12(16)17-2/h3-5H,1-2H3. The van der Waals surface area contributed by atoms with Gasteiger partial charge in [-0.2, -0.15) is 0 Å². The number of benzene rings is 1. The Morgan fingerprint density at radius 3 is 2.71 bits per heavy atom. The largest absolute Gasteiger partial charge is 0.464 e. The van der Waals surface area contributed by atoms with Crippen LogP contribution in [-0.2, 0) is 4.74 Å². The fourth-order valence-electron chi connectivity index (χ4n) is 1.65. The predicted octanol–water partition coefficient (Wildman–Crippen LogP) is 3.85. The molecule has 0 atom stereocenters. The molecule has 0 N–H and O–H groups in total. The van der Waals surface area contributed by atoms with E-state index in [-0.39, 0.29) is 0 Å². The maximum Gasteiger partial charge on any atom is 0.357 e. The lowest BCUT2D eigenvalue weighted by molar-refractivity contribution is 0.0596. The zero-order valence-corrected chi connectivity index (χ0v) is 12.4. The van der Waals surface area contributed by atoms with E-state index in [1.54, 1.807) is 0 Å². The van der Waals surface area contributed by atoms with Crippen molar-refractivity contribution in [2.45, 2.75) is 6.92 Å². The second kappa shape index (κ2) is 4.74. The topological polar surface area (TPSA) is 39.2 Å². The van der Waals surface area contributed by atoms with Gasteiger partial charge in [0.25, 0.3) is 0 Å². The van der Waals surface area contributed by atoms with Crippen LogP contribution < -0.4 is 0 Å². The molecule has 0 aliphatic heterocycles. The summed E-state index contributed by atoms with van der Waals surface area (Å²) in [7, 11) is 1.35. The summed E-state index contributed by atoms with van der Waals surface area (Å²) in [6.45, 7) is 1.84. The molecular formula is C12H9Br2NO2. The van der Waals surface area contributed by atoms with Crippen LogP contribution in [0, 0.1) is 6.92 Å². The molecule has 0 amide bonds. The van der Waals surface area contributed by atoms with Gasteiger partial charge in [0, 0.05) is 19.7 Å². The second-order valence-electron chi connectivity index (χ2n) is 3.51. The first-order valence-electron chi connectivity index (χ1n) is 4.89. The number of rotatable bonds is 1. The zero-order chi connectivity index (χ0) is 12.6. The SMILES string of the molecule is COC(=O)c1nc(C)c(Br)c2c(Br)cccc12. The average Bonchev–Trinajstić information content (AvgIpc) is 2.32. The minimum absolute atomic E-state index is 0.338. The maximum absolute atomic E-state index is 11.7. The quantitative estimate of drug-likeness (QED) is 0.726. The molecule has 0 unspecified atom stereocenters. The third-order valence-corrected chi connectivity index (χ3v) is 4.10. The molecule has 0 aliphatic carbocycles. The number of carbonyl (C=O) groups is 1. The summed E-state index contributed by atoms with van der Waals surface area (Å²) in [5.74, 6) is -0.427. The molecule has 0 bridgehead atoms. The summed E-state index contributed by atoms with van der Waals surface area (Å²) in [6, 6.07) is 5.64. The summed E-state index contributed by atoms with van der Waals surface area (Å²) in [5, 5.41) is 1.70. The Kier molecular flexibility index (Phi) is 3.49. The van der Waals surface area contributed by atoms with Crippen LogP contribution in [0.25, 0.3) is 10.8 Å². The van der Waals surface area contributed by atoms with Crippen molar-refractivity contribution in [2.24, 2.45) is 0 Å². The highest BCUT2D eigenvalue weighted by Gasteiger charge is 2.17. The number of methoxy groups -OCH3 is 1. The van der Waals surface area contributed by atoms with Gasteiger partial charge in [-0.25, -0.2) is 9.78 Å². The van der Waals surface area contributed by atoms with Crippen molar-refractivity contribution < 1.29 is 9.53 Å². The van der Waals surface area contributed by atoms with Gasteiger partial charge in [-0.3, -0.25) is 0 Å². The van der Waals surface area contributed by atoms with E-state index in [1.165, 1.54) is 7.11 Å². The van der Waals surface area contributed by atoms with Crippen LogP contribution in [0.3, 0.4) is 0 Å². The van der Waals surface area contributed by atoms with Crippen molar-refractivity contribution in [2.75, 3.05) is 7.11 Å². The summed E-state index contributed by atoms with van der Waals surface area (Å²) in [4.78, 5) is 16.0. The fourth-order valence-corrected chi connectivity index (χ4v) is 3.00. The van der Waals surface area contributed by atoms with E-state index in [4.69, 9.17) is 4.74 Å². The molecule has 0 saturated heterocycles. The van der Waals surface area contributed by atoms with Crippen LogP contribution in [0.1, 0.15) is 16.2 Å². The number of aryl methyl sites for hydroxylation is 1. The van der Waals surface area contributed by atoms with Crippen LogP contribution in [0.5, 0.6) is 0 Å². The fraction of sp³-hybridized carbons (Fsp3) is 0.167. The van der Waals surface area contributed by atoms with Crippen molar-refractivity contribution in [1.82, 2.24) is 4.98 Å². The molecule has 2 rings (SSSR count). The third kappa shape index (κ3) is 2.09. The van der Waals surface area contributed by atoms with Crippen molar-refractivity contribution in [3.8, 4) is 0 Å². The summed E-state index contributed by atoms with van der Waals surface area (Å²) in [5.41, 5.74) is 1.09. The highest BCUT2D eigenvalue weighted by molar-refractivity contribution is 9.11. The number of nitrogens with zero attached hydrogens (tertiary/aromatic N) is 1. The third-order valence-electron chi connectivity index (χ3n) is 2.46. The maximum atomic E-state index is 11.7. The number of hydrogen-bond donors (Lipinski definition) is 0. The van der Waals surface area contributed by atoms with E-state index >= 15 is 0 Å². The van der Waals surface area contributed by atoms with Gasteiger partial charge in [-0.15, -0.1) is 0 Å². The second-order valence-corrected chi connectivity index (χ2v) is 5.16. The van der Waals surface area contributed by atoms with Gasteiger partial charge in [-0.1, -0.05) is 28.1 Å². The zero-order valence-electron chi connectivity index (χ0n) is 9.25. The molecule has 3 nitrogen and oxygen atoms in total. The molecule has 0 saturated carbocycles. The van der Waals surface area contributed by atoms with E-state index < -0.39 is 5.97 Å². The lowest BCUT2D eigenvalue weighted by Crippen LogP contribution is -2.07. The molecule has 1 heterocycles. The van der Waals surface area contributed by atoms with Crippen molar-refractivity contribution in [3.05, 3.63) is 38.5 Å². The van der Waals surface area contributed by atoms with Gasteiger partial charge >= 0.3 is 5.97 Å². The molecule has 0 radical (unpaired) electrons. The minimum atomic E-state index is -0.427. The molecular weight excluding hydrogens is 350 g/mol. The van der Waals surface area contributed by atoms with Gasteiger partial charge in [0.2, 0.25) is 0 Å². The first-order chi connectivity index (χ1) is 8.06. The summed E-state index contributed by atoms with van der Waals surface area (Å²) in [6.07, 6.45) is 0. The van der Waals surface area contributed by atoms with Gasteiger partial charge in [0.1, 0.15) is 0 Å². The van der Waals surface area contributed by atoms with Gasteiger partial charge in [-0.05, 0) is 28.9 Å². The summed E-state index contributed by atoms with van der Waals surface area (Å²) >= 11 is 6.97. The Bertz CT molecular complexity index is 611. The normalized spacial score (nSPS) is 10.6. The van der Waals surface area contributed by atoms with Crippen LogP contribution in [0.2, 0.25) is 0 Å². The van der Waals surface area contributed by atoms with E-state index in [0.29, 0.717) is 5.69 Å². The van der Waals surface area contributed by atoms with E-state index in [9.17, 15) is 4.79 Å². The van der Waals surface area contributed by atoms with E-state index in [0.717, 1.165) is 25.4 Å². The first-order valence-corrected chi connectivity index (χ1v) is 6.47. The molecule has 0 aliphatic rings. The van der Waals surface area contributed by atoms with Gasteiger partial charge in [0.05, 0.1) is 12.8 Å². The average molecular weight is 359 g/mol. The Morgan fingerprint density at radius 2 is 2.06 bits per heavy atom. The smallest absolute Gasteiger partial charge is 0.357 e. The Balaban J connectivity index is 2.92.